The van der Waals surface area contributed by atoms with Gasteiger partial charge >= 0.3 is 6.03 Å². The molecule has 1 unspecified atom stereocenters. The summed E-state index contributed by atoms with van der Waals surface area (Å²) in [6.45, 7) is 1.39. The maximum absolute atomic E-state index is 12.8. The van der Waals surface area contributed by atoms with Crippen molar-refractivity contribution in [1.29, 1.82) is 0 Å². The van der Waals surface area contributed by atoms with Crippen molar-refractivity contribution in [3.8, 4) is 11.5 Å². The lowest BCUT2D eigenvalue weighted by Crippen LogP contribution is -2.41. The summed E-state index contributed by atoms with van der Waals surface area (Å²) in [5.41, 5.74) is 0. The molecule has 12 heteroatoms. The molecule has 2 rings (SSSR count). The molecule has 0 saturated heterocycles. The fraction of sp³-hybridized carbons (Fsp3) is 0.312. The molecule has 2 N–H and O–H groups in total. The number of urea groups is 1. The van der Waals surface area contributed by atoms with E-state index in [2.05, 4.69) is 14.7 Å². The average Bonchev–Trinajstić information content (AvgIpc) is 2.67. The molecule has 2 aromatic rings. The Balaban J connectivity index is 1.99. The number of nitrogens with one attached hydrogen (secondary N) is 2. The van der Waals surface area contributed by atoms with Crippen molar-refractivity contribution in [2.45, 2.75) is 23.5 Å². The SMILES string of the molecule is COc1cccc(OC)c1SNC(=O)NS(=O)(=O)C(C)Cc1ncc(F)cn1. The minimum Gasteiger partial charge on any atom is -0.495 e. The zero-order valence-electron chi connectivity index (χ0n) is 15.3. The van der Waals surface area contributed by atoms with E-state index in [9.17, 15) is 17.6 Å². The second-order valence-corrected chi connectivity index (χ2v) is 8.42. The molecule has 0 saturated carbocycles. The average molecular weight is 430 g/mol. The molecule has 0 radical (unpaired) electrons. The second-order valence-electron chi connectivity index (χ2n) is 5.50. The molecule has 0 aliphatic rings. The van der Waals surface area contributed by atoms with Crippen LogP contribution in [0.25, 0.3) is 0 Å². The minimum atomic E-state index is -4.02. The Morgan fingerprint density at radius 3 is 2.32 bits per heavy atom. The Hall–Kier alpha value is -2.60. The molecule has 2 amide bonds. The van der Waals surface area contributed by atoms with E-state index in [1.54, 1.807) is 18.2 Å². The summed E-state index contributed by atoms with van der Waals surface area (Å²) >= 11 is 0.846. The van der Waals surface area contributed by atoms with Crippen LogP contribution in [0.1, 0.15) is 12.7 Å². The van der Waals surface area contributed by atoms with Crippen LogP contribution in [0.5, 0.6) is 11.5 Å². The van der Waals surface area contributed by atoms with Crippen LogP contribution in [0.3, 0.4) is 0 Å². The first-order valence-electron chi connectivity index (χ1n) is 7.92. The highest BCUT2D eigenvalue weighted by molar-refractivity contribution is 7.98. The van der Waals surface area contributed by atoms with E-state index >= 15 is 0 Å². The third-order valence-corrected chi connectivity index (χ3v) is 6.13. The summed E-state index contributed by atoms with van der Waals surface area (Å²) in [6.07, 6.45) is 1.80. The highest BCUT2D eigenvalue weighted by Gasteiger charge is 2.25. The lowest BCUT2D eigenvalue weighted by atomic mass is 10.3. The van der Waals surface area contributed by atoms with Crippen molar-refractivity contribution in [1.82, 2.24) is 19.4 Å². The van der Waals surface area contributed by atoms with Gasteiger partial charge in [0.05, 0.1) is 31.9 Å². The first-order valence-corrected chi connectivity index (χ1v) is 10.3. The summed E-state index contributed by atoms with van der Waals surface area (Å²) < 4.78 is 52.2. The molecule has 1 heterocycles. The van der Waals surface area contributed by atoms with Gasteiger partial charge < -0.3 is 9.47 Å². The standard InChI is InChI=1S/C16H19FN4O5S2/c1-10(7-14-18-8-11(17)9-19-14)28(23,24)21-16(22)20-27-15-12(25-2)5-4-6-13(15)26-3/h4-6,8-10H,7H2,1-3H3,(H2,20,21,22). The van der Waals surface area contributed by atoms with Crippen LogP contribution < -0.4 is 18.9 Å². The van der Waals surface area contributed by atoms with Crippen LogP contribution in [-0.4, -0.2) is 43.9 Å². The highest BCUT2D eigenvalue weighted by Crippen LogP contribution is 2.35. The summed E-state index contributed by atoms with van der Waals surface area (Å²) in [6, 6.07) is 4.12. The number of nitrogens with zero attached hydrogens (tertiary/aromatic N) is 2. The van der Waals surface area contributed by atoms with Gasteiger partial charge in [-0.1, -0.05) is 6.07 Å². The normalized spacial score (nSPS) is 12.1. The molecule has 28 heavy (non-hydrogen) atoms. The number of rotatable bonds is 8. The largest absolute Gasteiger partial charge is 0.495 e. The number of carbonyl (C=O) groups is 1. The fourth-order valence-corrected chi connectivity index (χ4v) is 3.77. The maximum Gasteiger partial charge on any atom is 0.338 e. The number of sulfonamides is 1. The monoisotopic (exact) mass is 430 g/mol. The van der Waals surface area contributed by atoms with E-state index in [0.717, 1.165) is 24.3 Å². The van der Waals surface area contributed by atoms with Gasteiger partial charge in [0.15, 0.2) is 5.82 Å². The van der Waals surface area contributed by atoms with Crippen molar-refractivity contribution in [3.63, 3.8) is 0 Å². The molecular formula is C16H19FN4O5S2. The number of aromatic nitrogens is 2. The number of halogens is 1. The first-order chi connectivity index (χ1) is 13.3. The van der Waals surface area contributed by atoms with E-state index in [4.69, 9.17) is 9.47 Å². The van der Waals surface area contributed by atoms with E-state index in [-0.39, 0.29) is 12.2 Å². The summed E-state index contributed by atoms with van der Waals surface area (Å²) in [5, 5.41) is -1.02. The van der Waals surface area contributed by atoms with E-state index < -0.39 is 27.1 Å². The third-order valence-electron chi connectivity index (χ3n) is 3.54. The first kappa shape index (κ1) is 21.7. The number of carbonyl (C=O) groups excluding carboxylic acids is 1. The van der Waals surface area contributed by atoms with Gasteiger partial charge in [0, 0.05) is 6.42 Å². The molecule has 0 aliphatic carbocycles. The van der Waals surface area contributed by atoms with Crippen molar-refractivity contribution in [2.75, 3.05) is 14.2 Å². The molecule has 1 atom stereocenters. The van der Waals surface area contributed by atoms with Crippen LogP contribution in [-0.2, 0) is 16.4 Å². The van der Waals surface area contributed by atoms with Gasteiger partial charge in [0.1, 0.15) is 22.2 Å². The van der Waals surface area contributed by atoms with Crippen molar-refractivity contribution in [2.24, 2.45) is 0 Å². The van der Waals surface area contributed by atoms with Crippen LogP contribution in [0, 0.1) is 5.82 Å². The van der Waals surface area contributed by atoms with Gasteiger partial charge in [-0.25, -0.2) is 32.3 Å². The van der Waals surface area contributed by atoms with Gasteiger partial charge in [-0.3, -0.25) is 4.72 Å². The van der Waals surface area contributed by atoms with Gasteiger partial charge in [0.25, 0.3) is 0 Å². The molecule has 0 aliphatic heterocycles. The van der Waals surface area contributed by atoms with Crippen molar-refractivity contribution < 1.29 is 27.1 Å². The Bertz CT molecular complexity index is 903. The number of methoxy groups -OCH3 is 2. The van der Waals surface area contributed by atoms with Gasteiger partial charge in [-0.05, 0) is 31.0 Å². The Morgan fingerprint density at radius 2 is 1.79 bits per heavy atom. The number of amides is 2. The Labute approximate surface area is 166 Å². The van der Waals surface area contributed by atoms with Crippen LogP contribution >= 0.6 is 11.9 Å². The second kappa shape index (κ2) is 9.55. The lowest BCUT2D eigenvalue weighted by Gasteiger charge is -2.15. The van der Waals surface area contributed by atoms with Gasteiger partial charge in [0.2, 0.25) is 10.0 Å². The van der Waals surface area contributed by atoms with Crippen LogP contribution in [0.15, 0.2) is 35.5 Å². The number of ether oxygens (including phenoxy) is 2. The van der Waals surface area contributed by atoms with Gasteiger partial charge in [-0.2, -0.15) is 0 Å². The van der Waals surface area contributed by atoms with Gasteiger partial charge in [-0.15, -0.1) is 0 Å². The molecular weight excluding hydrogens is 411 g/mol. The zero-order valence-corrected chi connectivity index (χ0v) is 16.9. The molecule has 0 bridgehead atoms. The molecule has 1 aromatic heterocycles. The van der Waals surface area contributed by atoms with E-state index in [0.29, 0.717) is 16.4 Å². The molecule has 152 valence electrons. The van der Waals surface area contributed by atoms with E-state index in [1.807, 2.05) is 4.72 Å². The lowest BCUT2D eigenvalue weighted by molar-refractivity contribution is 0.251. The summed E-state index contributed by atoms with van der Waals surface area (Å²) in [7, 11) is -1.09. The number of hydrogen-bond acceptors (Lipinski definition) is 8. The quantitative estimate of drug-likeness (QED) is 0.610. The number of hydrogen-bond donors (Lipinski definition) is 2. The maximum atomic E-state index is 12.8. The topological polar surface area (TPSA) is 120 Å². The smallest absolute Gasteiger partial charge is 0.338 e. The molecule has 0 fully saturated rings. The molecule has 9 nitrogen and oxygen atoms in total. The molecule has 1 aromatic carbocycles. The van der Waals surface area contributed by atoms with Crippen LogP contribution in [0.2, 0.25) is 0 Å². The van der Waals surface area contributed by atoms with Crippen LogP contribution in [0.4, 0.5) is 9.18 Å². The van der Waals surface area contributed by atoms with E-state index in [1.165, 1.54) is 21.1 Å². The number of benzene rings is 1. The summed E-state index contributed by atoms with van der Waals surface area (Å²) in [5.74, 6) is 0.428. The zero-order chi connectivity index (χ0) is 20.7. The highest BCUT2D eigenvalue weighted by atomic mass is 32.2. The Kier molecular flexibility index (Phi) is 7.40. The third kappa shape index (κ3) is 5.70. The minimum absolute atomic E-state index is 0.0869. The van der Waals surface area contributed by atoms with Crippen molar-refractivity contribution >= 4 is 28.0 Å². The van der Waals surface area contributed by atoms with Crippen molar-refractivity contribution in [3.05, 3.63) is 42.2 Å². The fourth-order valence-electron chi connectivity index (χ4n) is 2.08. The predicted octanol–water partition coefficient (Wildman–Crippen LogP) is 1.90. The molecule has 0 spiro atoms. The summed E-state index contributed by atoms with van der Waals surface area (Å²) in [4.78, 5) is 20.0. The Morgan fingerprint density at radius 1 is 1.21 bits per heavy atom. The predicted molar refractivity (Wildman–Crippen MR) is 101 cm³/mol.